The van der Waals surface area contributed by atoms with Crippen molar-refractivity contribution >= 4 is 50.0 Å². The minimum absolute atomic E-state index is 0.252. The number of halogens is 1. The molecule has 3 aromatic rings. The molecule has 1 N–H and O–H groups in total. The van der Waals surface area contributed by atoms with Gasteiger partial charge in [-0.3, -0.25) is 10.1 Å². The van der Waals surface area contributed by atoms with Gasteiger partial charge in [0.25, 0.3) is 0 Å². The second-order valence-electron chi connectivity index (χ2n) is 3.97. The Morgan fingerprint density at radius 1 is 1.35 bits per heavy atom. The number of benzene rings is 1. The van der Waals surface area contributed by atoms with Crippen LogP contribution in [0, 0.1) is 5.82 Å². The molecule has 6 heteroatoms. The Kier molecular flexibility index (Phi) is 3.58. The third kappa shape index (κ3) is 2.92. The number of hydrogen-bond donors (Lipinski definition) is 1. The third-order valence-electron chi connectivity index (χ3n) is 2.52. The molecule has 3 nitrogen and oxygen atoms in total. The van der Waals surface area contributed by atoms with Gasteiger partial charge in [0.15, 0.2) is 5.13 Å². The Labute approximate surface area is 122 Å². The molecule has 2 heterocycles. The SMILES string of the molecule is O=C(/C=C/c1cccs1)Nc1nc2ccc(F)cc2s1. The molecular weight excluding hydrogens is 295 g/mol. The smallest absolute Gasteiger partial charge is 0.250 e. The highest BCUT2D eigenvalue weighted by atomic mass is 32.1. The number of anilines is 1. The molecule has 0 aliphatic rings. The van der Waals surface area contributed by atoms with Crippen LogP contribution in [0.3, 0.4) is 0 Å². The lowest BCUT2D eigenvalue weighted by molar-refractivity contribution is -0.111. The number of thiazole rings is 1. The number of rotatable bonds is 3. The summed E-state index contributed by atoms with van der Waals surface area (Å²) in [5.74, 6) is -0.561. The van der Waals surface area contributed by atoms with Crippen molar-refractivity contribution in [3.8, 4) is 0 Å². The van der Waals surface area contributed by atoms with Gasteiger partial charge in [-0.15, -0.1) is 11.3 Å². The number of carbonyl (C=O) groups excluding carboxylic acids is 1. The number of amides is 1. The van der Waals surface area contributed by atoms with Gasteiger partial charge in [0.05, 0.1) is 10.2 Å². The first kappa shape index (κ1) is 13.0. The molecule has 2 aromatic heterocycles. The summed E-state index contributed by atoms with van der Waals surface area (Å²) in [6.45, 7) is 0. The Bertz CT molecular complexity index is 778. The van der Waals surface area contributed by atoms with E-state index in [0.717, 1.165) is 4.88 Å². The summed E-state index contributed by atoms with van der Waals surface area (Å²) in [5, 5.41) is 5.09. The highest BCUT2D eigenvalue weighted by Gasteiger charge is 2.06. The van der Waals surface area contributed by atoms with Crippen molar-refractivity contribution in [3.05, 3.63) is 52.5 Å². The van der Waals surface area contributed by atoms with Crippen LogP contribution in [0.2, 0.25) is 0 Å². The van der Waals surface area contributed by atoms with E-state index in [4.69, 9.17) is 0 Å². The van der Waals surface area contributed by atoms with Gasteiger partial charge in [-0.1, -0.05) is 17.4 Å². The molecule has 1 amide bonds. The molecule has 0 aliphatic heterocycles. The third-order valence-corrected chi connectivity index (χ3v) is 4.29. The number of hydrogen-bond acceptors (Lipinski definition) is 4. The van der Waals surface area contributed by atoms with Crippen molar-refractivity contribution in [2.75, 3.05) is 5.32 Å². The fourth-order valence-corrected chi connectivity index (χ4v) is 3.15. The molecule has 20 heavy (non-hydrogen) atoms. The summed E-state index contributed by atoms with van der Waals surface area (Å²) in [6.07, 6.45) is 3.20. The maximum absolute atomic E-state index is 13.1. The summed E-state index contributed by atoms with van der Waals surface area (Å²) in [6, 6.07) is 8.20. The van der Waals surface area contributed by atoms with Gasteiger partial charge in [0.1, 0.15) is 5.82 Å². The van der Waals surface area contributed by atoms with Crippen molar-refractivity contribution in [1.82, 2.24) is 4.98 Å². The first-order valence-electron chi connectivity index (χ1n) is 5.79. The highest BCUT2D eigenvalue weighted by molar-refractivity contribution is 7.22. The van der Waals surface area contributed by atoms with E-state index in [1.807, 2.05) is 17.5 Å². The molecule has 100 valence electrons. The number of nitrogens with zero attached hydrogens (tertiary/aromatic N) is 1. The number of carbonyl (C=O) groups is 1. The van der Waals surface area contributed by atoms with Crippen LogP contribution in [0.4, 0.5) is 9.52 Å². The summed E-state index contributed by atoms with van der Waals surface area (Å²) < 4.78 is 13.8. The Hall–Kier alpha value is -2.05. The fraction of sp³-hybridized carbons (Fsp3) is 0. The molecule has 0 fully saturated rings. The average Bonchev–Trinajstić information content (AvgIpc) is 3.04. The second-order valence-corrected chi connectivity index (χ2v) is 5.98. The van der Waals surface area contributed by atoms with E-state index in [1.54, 1.807) is 23.5 Å². The zero-order valence-electron chi connectivity index (χ0n) is 10.2. The van der Waals surface area contributed by atoms with Crippen molar-refractivity contribution in [3.63, 3.8) is 0 Å². The zero-order chi connectivity index (χ0) is 13.9. The molecule has 0 saturated heterocycles. The van der Waals surface area contributed by atoms with Gasteiger partial charge in [-0.2, -0.15) is 0 Å². The average molecular weight is 304 g/mol. The van der Waals surface area contributed by atoms with Crippen LogP contribution < -0.4 is 5.32 Å². The van der Waals surface area contributed by atoms with E-state index >= 15 is 0 Å². The topological polar surface area (TPSA) is 42.0 Å². The van der Waals surface area contributed by atoms with Crippen molar-refractivity contribution in [2.45, 2.75) is 0 Å². The van der Waals surface area contributed by atoms with E-state index < -0.39 is 0 Å². The Balaban J connectivity index is 1.74. The molecule has 1 aromatic carbocycles. The monoisotopic (exact) mass is 304 g/mol. The molecule has 0 bridgehead atoms. The van der Waals surface area contributed by atoms with Crippen LogP contribution in [-0.4, -0.2) is 10.9 Å². The molecule has 0 atom stereocenters. The lowest BCUT2D eigenvalue weighted by atomic mass is 10.3. The first-order chi connectivity index (χ1) is 9.70. The van der Waals surface area contributed by atoms with Crippen molar-refractivity contribution < 1.29 is 9.18 Å². The minimum atomic E-state index is -0.309. The Morgan fingerprint density at radius 2 is 2.25 bits per heavy atom. The van der Waals surface area contributed by atoms with Gasteiger partial charge in [-0.25, -0.2) is 9.37 Å². The molecule has 0 radical (unpaired) electrons. The summed E-state index contributed by atoms with van der Waals surface area (Å²) in [5.41, 5.74) is 0.675. The standard InChI is InChI=1S/C14H9FN2OS2/c15-9-3-5-11-12(8-9)20-14(16-11)17-13(18)6-4-10-2-1-7-19-10/h1-8H,(H,16,17,18)/b6-4+. The number of aromatic nitrogens is 1. The van der Waals surface area contributed by atoms with Gasteiger partial charge >= 0.3 is 0 Å². The first-order valence-corrected chi connectivity index (χ1v) is 7.49. The predicted molar refractivity (Wildman–Crippen MR) is 81.6 cm³/mol. The van der Waals surface area contributed by atoms with E-state index in [2.05, 4.69) is 10.3 Å². The van der Waals surface area contributed by atoms with Crippen LogP contribution in [0.25, 0.3) is 16.3 Å². The number of nitrogens with one attached hydrogen (secondary N) is 1. The lowest BCUT2D eigenvalue weighted by Gasteiger charge is -1.94. The number of fused-ring (bicyclic) bond motifs is 1. The molecule has 0 unspecified atom stereocenters. The van der Waals surface area contributed by atoms with Crippen LogP contribution in [0.1, 0.15) is 4.88 Å². The molecule has 3 rings (SSSR count). The van der Waals surface area contributed by atoms with Gasteiger partial charge in [0.2, 0.25) is 5.91 Å². The predicted octanol–water partition coefficient (Wildman–Crippen LogP) is 4.15. The summed E-state index contributed by atoms with van der Waals surface area (Å²) in [4.78, 5) is 17.0. The maximum Gasteiger partial charge on any atom is 0.250 e. The lowest BCUT2D eigenvalue weighted by Crippen LogP contribution is -2.06. The second kappa shape index (κ2) is 5.52. The maximum atomic E-state index is 13.1. The van der Waals surface area contributed by atoms with Gasteiger partial charge < -0.3 is 0 Å². The quantitative estimate of drug-likeness (QED) is 0.739. The highest BCUT2D eigenvalue weighted by Crippen LogP contribution is 2.26. The summed E-state index contributed by atoms with van der Waals surface area (Å²) >= 11 is 2.80. The normalized spacial score (nSPS) is 11.2. The molecule has 0 saturated carbocycles. The number of thiophene rings is 1. The van der Waals surface area contributed by atoms with Crippen LogP contribution >= 0.6 is 22.7 Å². The fourth-order valence-electron chi connectivity index (χ4n) is 1.64. The van der Waals surface area contributed by atoms with Crippen LogP contribution in [0.15, 0.2) is 41.8 Å². The van der Waals surface area contributed by atoms with Crippen molar-refractivity contribution in [2.24, 2.45) is 0 Å². The van der Waals surface area contributed by atoms with E-state index in [1.165, 1.54) is 29.5 Å². The van der Waals surface area contributed by atoms with E-state index in [0.29, 0.717) is 15.3 Å². The molecule has 0 aliphatic carbocycles. The largest absolute Gasteiger partial charge is 0.298 e. The zero-order valence-corrected chi connectivity index (χ0v) is 11.8. The van der Waals surface area contributed by atoms with E-state index in [9.17, 15) is 9.18 Å². The van der Waals surface area contributed by atoms with Gasteiger partial charge in [-0.05, 0) is 35.7 Å². The molecular formula is C14H9FN2OS2. The Morgan fingerprint density at radius 3 is 3.05 bits per heavy atom. The van der Waals surface area contributed by atoms with Crippen LogP contribution in [-0.2, 0) is 4.79 Å². The van der Waals surface area contributed by atoms with Gasteiger partial charge in [0, 0.05) is 11.0 Å². The van der Waals surface area contributed by atoms with E-state index in [-0.39, 0.29) is 11.7 Å². The summed E-state index contributed by atoms with van der Waals surface area (Å²) in [7, 11) is 0. The van der Waals surface area contributed by atoms with Crippen molar-refractivity contribution in [1.29, 1.82) is 0 Å². The molecule has 0 spiro atoms. The van der Waals surface area contributed by atoms with Crippen LogP contribution in [0.5, 0.6) is 0 Å². The minimum Gasteiger partial charge on any atom is -0.298 e.